The van der Waals surface area contributed by atoms with Crippen LogP contribution in [0.2, 0.25) is 0 Å². The maximum atomic E-state index is 11.7. The molecule has 0 saturated carbocycles. The minimum Gasteiger partial charge on any atom is -0.449 e. The fourth-order valence-corrected chi connectivity index (χ4v) is 2.09. The summed E-state index contributed by atoms with van der Waals surface area (Å²) in [5.74, 6) is 0.0887. The lowest BCUT2D eigenvalue weighted by Crippen LogP contribution is -2.42. The first kappa shape index (κ1) is 14.7. The van der Waals surface area contributed by atoms with Gasteiger partial charge in [0.25, 0.3) is 10.0 Å². The van der Waals surface area contributed by atoms with Crippen molar-refractivity contribution in [1.82, 2.24) is 10.3 Å². The van der Waals surface area contributed by atoms with E-state index in [9.17, 15) is 13.2 Å². The van der Waals surface area contributed by atoms with Crippen molar-refractivity contribution in [2.75, 3.05) is 0 Å². The van der Waals surface area contributed by atoms with Crippen molar-refractivity contribution in [1.29, 1.82) is 0 Å². The molecule has 1 amide bonds. The first-order valence-corrected chi connectivity index (χ1v) is 6.95. The number of hydrogen-bond acceptors (Lipinski definition) is 4. The third kappa shape index (κ3) is 4.50. The zero-order chi connectivity index (χ0) is 14.0. The molecule has 0 spiro atoms. The van der Waals surface area contributed by atoms with E-state index >= 15 is 0 Å². The number of aryl methyl sites for hydroxylation is 1. The molecule has 0 radical (unpaired) electrons. The van der Waals surface area contributed by atoms with Gasteiger partial charge in [0, 0.05) is 6.42 Å². The Balaban J connectivity index is 2.61. The van der Waals surface area contributed by atoms with Crippen LogP contribution >= 0.6 is 0 Å². The molecular formula is C11H18N2O4S. The second-order valence-corrected chi connectivity index (χ2v) is 6.87. The molecule has 0 aliphatic carbocycles. The van der Waals surface area contributed by atoms with E-state index in [1.807, 2.05) is 25.6 Å². The van der Waals surface area contributed by atoms with Gasteiger partial charge < -0.3 is 4.42 Å². The van der Waals surface area contributed by atoms with Gasteiger partial charge in [-0.1, -0.05) is 20.8 Å². The van der Waals surface area contributed by atoms with Gasteiger partial charge in [0.15, 0.2) is 0 Å². The molecule has 7 heteroatoms. The van der Waals surface area contributed by atoms with Crippen molar-refractivity contribution in [3.8, 4) is 0 Å². The van der Waals surface area contributed by atoms with Gasteiger partial charge in [-0.25, -0.2) is 8.42 Å². The predicted octanol–water partition coefficient (Wildman–Crippen LogP) is 1.33. The summed E-state index contributed by atoms with van der Waals surface area (Å²) in [6.45, 7) is 7.29. The molecule has 1 heterocycles. The van der Waals surface area contributed by atoms with Gasteiger partial charge in [-0.15, -0.1) is 4.83 Å². The number of sulfonamides is 1. The molecule has 0 fully saturated rings. The van der Waals surface area contributed by atoms with Crippen LogP contribution in [-0.4, -0.2) is 14.3 Å². The zero-order valence-electron chi connectivity index (χ0n) is 10.9. The fourth-order valence-electron chi connectivity index (χ4n) is 1.26. The van der Waals surface area contributed by atoms with E-state index in [-0.39, 0.29) is 16.9 Å². The number of rotatable bonds is 4. The first-order chi connectivity index (χ1) is 8.10. The molecule has 0 saturated heterocycles. The Morgan fingerprint density at radius 2 is 1.94 bits per heavy atom. The number of carbonyl (C=O) groups excluding carboxylic acids is 1. The Morgan fingerprint density at radius 1 is 1.33 bits per heavy atom. The largest absolute Gasteiger partial charge is 0.449 e. The van der Waals surface area contributed by atoms with Gasteiger partial charge in [-0.3, -0.25) is 10.2 Å². The van der Waals surface area contributed by atoms with E-state index < -0.39 is 15.9 Å². The normalized spacial score (nSPS) is 12.4. The third-order valence-electron chi connectivity index (χ3n) is 2.00. The quantitative estimate of drug-likeness (QED) is 0.811. The molecule has 0 unspecified atom stereocenters. The van der Waals surface area contributed by atoms with Crippen molar-refractivity contribution >= 4 is 15.9 Å². The predicted molar refractivity (Wildman–Crippen MR) is 66.0 cm³/mol. The van der Waals surface area contributed by atoms with Crippen LogP contribution in [0.1, 0.15) is 33.0 Å². The van der Waals surface area contributed by atoms with Crippen LogP contribution in [0, 0.1) is 12.3 Å². The fraction of sp³-hybridized carbons (Fsp3) is 0.545. The smallest absolute Gasteiger partial charge is 0.290 e. The van der Waals surface area contributed by atoms with Crippen molar-refractivity contribution in [3.05, 3.63) is 17.9 Å². The Kier molecular flexibility index (Phi) is 4.18. The van der Waals surface area contributed by atoms with Crippen LogP contribution < -0.4 is 10.3 Å². The van der Waals surface area contributed by atoms with Crippen molar-refractivity contribution < 1.29 is 17.6 Å². The number of hydrogen-bond donors (Lipinski definition) is 2. The number of amides is 1. The third-order valence-corrected chi connectivity index (χ3v) is 3.12. The molecule has 0 atom stereocenters. The van der Waals surface area contributed by atoms with Crippen LogP contribution in [0.4, 0.5) is 0 Å². The highest BCUT2D eigenvalue weighted by molar-refractivity contribution is 7.89. The Hall–Kier alpha value is -1.34. The Morgan fingerprint density at radius 3 is 2.39 bits per heavy atom. The van der Waals surface area contributed by atoms with Gasteiger partial charge >= 0.3 is 0 Å². The van der Waals surface area contributed by atoms with E-state index in [1.54, 1.807) is 6.92 Å². The highest BCUT2D eigenvalue weighted by atomic mass is 32.2. The minimum absolute atomic E-state index is 0.212. The summed E-state index contributed by atoms with van der Waals surface area (Å²) >= 11 is 0. The highest BCUT2D eigenvalue weighted by Crippen LogP contribution is 2.17. The molecule has 0 aromatic carbocycles. The standard InChI is InChI=1S/C11H18N2O4S/c1-8-5-6-10(17-8)18(15,16)13-12-9(14)7-11(2,3)4/h5-6,13H,7H2,1-4H3,(H,12,14). The van der Waals surface area contributed by atoms with Crippen LogP contribution in [0.15, 0.2) is 21.6 Å². The van der Waals surface area contributed by atoms with Crippen molar-refractivity contribution in [2.45, 2.75) is 39.2 Å². The molecule has 1 aromatic heterocycles. The van der Waals surface area contributed by atoms with Crippen LogP contribution in [0.5, 0.6) is 0 Å². The minimum atomic E-state index is -3.84. The van der Waals surface area contributed by atoms with Gasteiger partial charge in [-0.05, 0) is 24.5 Å². The SMILES string of the molecule is Cc1ccc(S(=O)(=O)NNC(=O)CC(C)(C)C)o1. The molecule has 2 N–H and O–H groups in total. The Labute approximate surface area is 107 Å². The molecule has 102 valence electrons. The first-order valence-electron chi connectivity index (χ1n) is 5.47. The van der Waals surface area contributed by atoms with E-state index in [1.165, 1.54) is 12.1 Å². The molecule has 0 aliphatic rings. The van der Waals surface area contributed by atoms with Gasteiger partial charge in [0.05, 0.1) is 0 Å². The maximum absolute atomic E-state index is 11.7. The highest BCUT2D eigenvalue weighted by Gasteiger charge is 2.21. The van der Waals surface area contributed by atoms with Gasteiger partial charge in [0.1, 0.15) is 5.76 Å². The van der Waals surface area contributed by atoms with E-state index in [4.69, 9.17) is 4.42 Å². The molecule has 1 aromatic rings. The average molecular weight is 274 g/mol. The second kappa shape index (κ2) is 5.11. The van der Waals surface area contributed by atoms with Crippen molar-refractivity contribution in [2.24, 2.45) is 5.41 Å². The van der Waals surface area contributed by atoms with E-state index in [2.05, 4.69) is 5.43 Å². The summed E-state index contributed by atoms with van der Waals surface area (Å²) in [4.78, 5) is 13.5. The topological polar surface area (TPSA) is 88.4 Å². The summed E-state index contributed by atoms with van der Waals surface area (Å²) in [7, 11) is -3.84. The average Bonchev–Trinajstić information content (AvgIpc) is 2.60. The van der Waals surface area contributed by atoms with E-state index in [0.29, 0.717) is 5.76 Å². The summed E-state index contributed by atoms with van der Waals surface area (Å²) < 4.78 is 28.4. The summed E-state index contributed by atoms with van der Waals surface area (Å²) in [6, 6.07) is 2.86. The van der Waals surface area contributed by atoms with Crippen LogP contribution in [-0.2, 0) is 14.8 Å². The molecule has 0 aliphatic heterocycles. The molecular weight excluding hydrogens is 256 g/mol. The summed E-state index contributed by atoms with van der Waals surface area (Å²) in [5, 5.41) is -0.226. The second-order valence-electron chi connectivity index (χ2n) is 5.26. The van der Waals surface area contributed by atoms with Crippen LogP contribution in [0.25, 0.3) is 0 Å². The number of nitrogens with one attached hydrogen (secondary N) is 2. The van der Waals surface area contributed by atoms with Crippen molar-refractivity contribution in [3.63, 3.8) is 0 Å². The number of furan rings is 1. The summed E-state index contributed by atoms with van der Waals surface area (Å²) in [6.07, 6.45) is 0.215. The zero-order valence-corrected chi connectivity index (χ0v) is 11.7. The molecule has 18 heavy (non-hydrogen) atoms. The lowest BCUT2D eigenvalue weighted by Gasteiger charge is -2.17. The molecule has 0 bridgehead atoms. The molecule has 6 nitrogen and oxygen atoms in total. The monoisotopic (exact) mass is 274 g/mol. The Bertz CT molecular complexity index is 525. The number of carbonyl (C=O) groups is 1. The maximum Gasteiger partial charge on any atom is 0.290 e. The lowest BCUT2D eigenvalue weighted by atomic mass is 9.92. The summed E-state index contributed by atoms with van der Waals surface area (Å²) in [5.41, 5.74) is 1.94. The van der Waals surface area contributed by atoms with Gasteiger partial charge in [0.2, 0.25) is 11.0 Å². The number of hydrazine groups is 1. The van der Waals surface area contributed by atoms with Crippen LogP contribution in [0.3, 0.4) is 0 Å². The molecule has 1 rings (SSSR count). The lowest BCUT2D eigenvalue weighted by molar-refractivity contribution is -0.123. The van der Waals surface area contributed by atoms with Gasteiger partial charge in [-0.2, -0.15) is 0 Å². The van der Waals surface area contributed by atoms with E-state index in [0.717, 1.165) is 0 Å².